The first-order valence-electron chi connectivity index (χ1n) is 8.25. The number of fused-ring (bicyclic) bond motifs is 1. The molecule has 0 unspecified atom stereocenters. The zero-order valence-corrected chi connectivity index (χ0v) is 16.8. The summed E-state index contributed by atoms with van der Waals surface area (Å²) in [6.45, 7) is 0.220. The number of carbonyl (C=O) groups is 1. The van der Waals surface area contributed by atoms with E-state index in [4.69, 9.17) is 21.1 Å². The Bertz CT molecular complexity index is 1040. The first-order valence-corrected chi connectivity index (χ1v) is 10.4. The lowest BCUT2D eigenvalue weighted by Crippen LogP contribution is -2.07. The van der Waals surface area contributed by atoms with E-state index in [0.29, 0.717) is 21.7 Å². The number of aromatic nitrogens is 2. The van der Waals surface area contributed by atoms with E-state index >= 15 is 0 Å². The van der Waals surface area contributed by atoms with Gasteiger partial charge in [-0.2, -0.15) is 0 Å². The fraction of sp³-hybridized carbons (Fsp3) is 0.105. The Kier molecular flexibility index (Phi) is 5.80. The van der Waals surface area contributed by atoms with Crippen LogP contribution in [0.25, 0.3) is 6.08 Å². The predicted octanol–water partition coefficient (Wildman–Crippen LogP) is 4.86. The molecule has 1 aliphatic heterocycles. The number of amides is 1. The second-order valence-electron chi connectivity index (χ2n) is 5.73. The number of ether oxygens (including phenoxy) is 2. The molecule has 0 fully saturated rings. The van der Waals surface area contributed by atoms with Crippen molar-refractivity contribution in [1.82, 2.24) is 10.2 Å². The van der Waals surface area contributed by atoms with Crippen molar-refractivity contribution >= 4 is 51.8 Å². The maximum absolute atomic E-state index is 12.1. The quantitative estimate of drug-likeness (QED) is 0.341. The number of hydrogen-bond donors (Lipinski definition) is 1. The standard InChI is InChI=1S/C19H14ClN3O3S2/c20-14-3-1-2-13(8-14)10-27-19-23-22-18(28-19)21-17(24)7-5-12-4-6-15-16(9-12)26-11-25-15/h1-9H,10-11H2,(H,21,22,24)/b7-5+. The fourth-order valence-corrected chi connectivity index (χ4v) is 4.34. The van der Waals surface area contributed by atoms with E-state index < -0.39 is 0 Å². The van der Waals surface area contributed by atoms with Crippen LogP contribution in [-0.4, -0.2) is 22.9 Å². The second kappa shape index (κ2) is 8.64. The summed E-state index contributed by atoms with van der Waals surface area (Å²) in [4.78, 5) is 12.1. The molecule has 1 N–H and O–H groups in total. The molecule has 0 aliphatic carbocycles. The number of halogens is 1. The van der Waals surface area contributed by atoms with Crippen molar-refractivity contribution < 1.29 is 14.3 Å². The first kappa shape index (κ1) is 18.8. The van der Waals surface area contributed by atoms with Crippen molar-refractivity contribution in [3.63, 3.8) is 0 Å². The highest BCUT2D eigenvalue weighted by molar-refractivity contribution is 8.00. The van der Waals surface area contributed by atoms with Gasteiger partial charge < -0.3 is 9.47 Å². The lowest BCUT2D eigenvalue weighted by Gasteiger charge is -1.99. The molecule has 0 spiro atoms. The van der Waals surface area contributed by atoms with E-state index in [1.807, 2.05) is 42.5 Å². The molecule has 0 saturated carbocycles. The van der Waals surface area contributed by atoms with E-state index in [2.05, 4.69) is 15.5 Å². The third-order valence-corrected chi connectivity index (χ3v) is 5.99. The molecule has 2 heterocycles. The summed E-state index contributed by atoms with van der Waals surface area (Å²) in [5.41, 5.74) is 1.94. The molecule has 0 bridgehead atoms. The number of rotatable bonds is 6. The number of nitrogens with zero attached hydrogens (tertiary/aromatic N) is 2. The fourth-order valence-electron chi connectivity index (χ4n) is 2.43. The number of hydrogen-bond acceptors (Lipinski definition) is 7. The molecular formula is C19H14ClN3O3S2. The molecule has 142 valence electrons. The molecular weight excluding hydrogens is 418 g/mol. The van der Waals surface area contributed by atoms with Crippen LogP contribution in [0.4, 0.5) is 5.13 Å². The predicted molar refractivity (Wildman–Crippen MR) is 111 cm³/mol. The van der Waals surface area contributed by atoms with Gasteiger partial charge in [-0.05, 0) is 41.5 Å². The van der Waals surface area contributed by atoms with Gasteiger partial charge >= 0.3 is 0 Å². The SMILES string of the molecule is O=C(/C=C/c1ccc2c(c1)OCO2)Nc1nnc(SCc2cccc(Cl)c2)s1. The zero-order valence-electron chi connectivity index (χ0n) is 14.4. The van der Waals surface area contributed by atoms with Crippen LogP contribution in [0.5, 0.6) is 11.5 Å². The van der Waals surface area contributed by atoms with Gasteiger partial charge in [-0.3, -0.25) is 10.1 Å². The molecule has 4 rings (SSSR count). The maximum atomic E-state index is 12.1. The number of carbonyl (C=O) groups excluding carboxylic acids is 1. The average molecular weight is 432 g/mol. The molecule has 0 saturated heterocycles. The molecule has 2 aromatic carbocycles. The summed E-state index contributed by atoms with van der Waals surface area (Å²) in [6, 6.07) is 13.2. The van der Waals surface area contributed by atoms with Crippen LogP contribution in [-0.2, 0) is 10.5 Å². The monoisotopic (exact) mass is 431 g/mol. The number of benzene rings is 2. The Balaban J connectivity index is 1.31. The Hall–Kier alpha value is -2.55. The van der Waals surface area contributed by atoms with Crippen LogP contribution in [0.2, 0.25) is 5.02 Å². The molecule has 1 amide bonds. The van der Waals surface area contributed by atoms with Crippen LogP contribution in [0, 0.1) is 0 Å². The van der Waals surface area contributed by atoms with Crippen molar-refractivity contribution in [2.45, 2.75) is 10.1 Å². The molecule has 1 aromatic heterocycles. The highest BCUT2D eigenvalue weighted by atomic mass is 35.5. The van der Waals surface area contributed by atoms with Crippen LogP contribution < -0.4 is 14.8 Å². The minimum Gasteiger partial charge on any atom is -0.454 e. The van der Waals surface area contributed by atoms with Gasteiger partial charge in [0.05, 0.1) is 0 Å². The van der Waals surface area contributed by atoms with E-state index in [0.717, 1.165) is 21.2 Å². The van der Waals surface area contributed by atoms with E-state index in [9.17, 15) is 4.79 Å². The minimum atomic E-state index is -0.278. The summed E-state index contributed by atoms with van der Waals surface area (Å²) in [5.74, 6) is 1.83. The van der Waals surface area contributed by atoms with Gasteiger partial charge in [-0.1, -0.05) is 52.9 Å². The van der Waals surface area contributed by atoms with Crippen LogP contribution >= 0.6 is 34.7 Å². The van der Waals surface area contributed by atoms with Crippen LogP contribution in [0.3, 0.4) is 0 Å². The van der Waals surface area contributed by atoms with Crippen molar-refractivity contribution in [2.24, 2.45) is 0 Å². The molecule has 1 aliphatic rings. The smallest absolute Gasteiger partial charge is 0.250 e. The minimum absolute atomic E-state index is 0.220. The zero-order chi connectivity index (χ0) is 19.3. The van der Waals surface area contributed by atoms with E-state index in [1.165, 1.54) is 17.4 Å². The van der Waals surface area contributed by atoms with Gasteiger partial charge in [-0.15, -0.1) is 10.2 Å². The van der Waals surface area contributed by atoms with Crippen molar-refractivity contribution in [2.75, 3.05) is 12.1 Å². The van der Waals surface area contributed by atoms with Gasteiger partial charge in [-0.25, -0.2) is 0 Å². The van der Waals surface area contributed by atoms with Crippen LogP contribution in [0.1, 0.15) is 11.1 Å². The molecule has 0 atom stereocenters. The highest BCUT2D eigenvalue weighted by Gasteiger charge is 2.12. The summed E-state index contributed by atoms with van der Waals surface area (Å²) in [5, 5.41) is 12.0. The highest BCUT2D eigenvalue weighted by Crippen LogP contribution is 2.33. The lowest BCUT2D eigenvalue weighted by molar-refractivity contribution is -0.111. The van der Waals surface area contributed by atoms with Gasteiger partial charge in [0.25, 0.3) is 0 Å². The topological polar surface area (TPSA) is 73.3 Å². The summed E-state index contributed by atoms with van der Waals surface area (Å²) < 4.78 is 11.4. The summed E-state index contributed by atoms with van der Waals surface area (Å²) >= 11 is 8.86. The van der Waals surface area contributed by atoms with Gasteiger partial charge in [0.1, 0.15) is 0 Å². The van der Waals surface area contributed by atoms with Gasteiger partial charge in [0.2, 0.25) is 17.8 Å². The third kappa shape index (κ3) is 4.83. The summed E-state index contributed by atoms with van der Waals surface area (Å²) in [7, 11) is 0. The number of nitrogens with one attached hydrogen (secondary N) is 1. The summed E-state index contributed by atoms with van der Waals surface area (Å²) in [6.07, 6.45) is 3.14. The molecule has 3 aromatic rings. The Morgan fingerprint density at radius 3 is 3.00 bits per heavy atom. The van der Waals surface area contributed by atoms with E-state index in [-0.39, 0.29) is 12.7 Å². The Morgan fingerprint density at radius 2 is 2.11 bits per heavy atom. The number of thioether (sulfide) groups is 1. The molecule has 28 heavy (non-hydrogen) atoms. The Labute approximate surface area is 174 Å². The van der Waals surface area contributed by atoms with Crippen molar-refractivity contribution in [1.29, 1.82) is 0 Å². The van der Waals surface area contributed by atoms with Gasteiger partial charge in [0.15, 0.2) is 15.8 Å². The average Bonchev–Trinajstić information content (AvgIpc) is 3.33. The second-order valence-corrected chi connectivity index (χ2v) is 8.36. The Morgan fingerprint density at radius 1 is 1.21 bits per heavy atom. The molecule has 0 radical (unpaired) electrons. The third-order valence-electron chi connectivity index (χ3n) is 3.71. The largest absolute Gasteiger partial charge is 0.454 e. The maximum Gasteiger partial charge on any atom is 0.250 e. The molecule has 6 nitrogen and oxygen atoms in total. The number of anilines is 1. The van der Waals surface area contributed by atoms with Crippen molar-refractivity contribution in [3.8, 4) is 11.5 Å². The molecule has 9 heteroatoms. The van der Waals surface area contributed by atoms with Crippen molar-refractivity contribution in [3.05, 3.63) is 64.7 Å². The van der Waals surface area contributed by atoms with Gasteiger partial charge in [0, 0.05) is 16.9 Å². The lowest BCUT2D eigenvalue weighted by atomic mass is 10.2. The van der Waals surface area contributed by atoms with Crippen LogP contribution in [0.15, 0.2) is 52.9 Å². The normalized spacial score (nSPS) is 12.5. The van der Waals surface area contributed by atoms with E-state index in [1.54, 1.807) is 17.8 Å². The first-order chi connectivity index (χ1) is 13.7.